The quantitative estimate of drug-likeness (QED) is 0.774. The topological polar surface area (TPSA) is 54.5 Å². The molecule has 3 aliphatic rings. The normalized spacial score (nSPS) is 32.0. The number of carbonyl (C=O) groups excluding carboxylic acids is 1. The average molecular weight is 368 g/mol. The molecule has 4 nitrogen and oxygen atoms in total. The highest BCUT2D eigenvalue weighted by molar-refractivity contribution is 7.89. The van der Waals surface area contributed by atoms with Gasteiger partial charge in [-0.15, -0.1) is 0 Å². The summed E-state index contributed by atoms with van der Waals surface area (Å²) < 4.78 is 28.3. The van der Waals surface area contributed by atoms with Crippen LogP contribution in [0.1, 0.15) is 51.5 Å². The van der Waals surface area contributed by atoms with Crippen LogP contribution in [0.2, 0.25) is 0 Å². The van der Waals surface area contributed by atoms with Gasteiger partial charge in [0.1, 0.15) is 5.78 Å². The Morgan fingerprint density at radius 2 is 2.04 bits per heavy atom. The lowest BCUT2D eigenvalue weighted by Gasteiger charge is -2.37. The van der Waals surface area contributed by atoms with E-state index < -0.39 is 15.4 Å². The van der Waals surface area contributed by atoms with E-state index in [1.54, 1.807) is 15.6 Å². The standard InChI is InChI=1S/C18H25NO3S2/c1-17(2)14-5-7-18(17,16(20)9-14)12-24(21,22)19(15-3-4-15)10-13-6-8-23-11-13/h6,8,11,14-15H,3-5,7,9-10,12H2,1-2H3/t14-,18+/m0/s1. The molecular weight excluding hydrogens is 342 g/mol. The molecule has 0 unspecified atom stereocenters. The Hall–Kier alpha value is -0.720. The van der Waals surface area contributed by atoms with Crippen LogP contribution in [0, 0.1) is 16.7 Å². The molecule has 24 heavy (non-hydrogen) atoms. The third kappa shape index (κ3) is 2.41. The fourth-order valence-corrected chi connectivity index (χ4v) is 8.02. The molecule has 0 aliphatic heterocycles. The molecule has 4 rings (SSSR count). The van der Waals surface area contributed by atoms with Crippen LogP contribution in [-0.2, 0) is 21.4 Å². The second-order valence-electron chi connectivity index (χ2n) is 8.33. The lowest BCUT2D eigenvalue weighted by atomic mass is 9.70. The Balaban J connectivity index is 1.63. The molecule has 1 heterocycles. The van der Waals surface area contributed by atoms with Crippen molar-refractivity contribution in [2.45, 2.75) is 58.5 Å². The van der Waals surface area contributed by atoms with Crippen LogP contribution in [0.3, 0.4) is 0 Å². The third-order valence-electron chi connectivity index (χ3n) is 6.80. The largest absolute Gasteiger partial charge is 0.299 e. The van der Waals surface area contributed by atoms with Crippen LogP contribution in [-0.4, -0.2) is 30.3 Å². The lowest BCUT2D eigenvalue weighted by molar-refractivity contribution is -0.128. The predicted octanol–water partition coefficient (Wildman–Crippen LogP) is 3.44. The number of Topliss-reactive ketones (excluding diaryl/α,β-unsaturated/α-hetero) is 1. The smallest absolute Gasteiger partial charge is 0.215 e. The highest BCUT2D eigenvalue weighted by atomic mass is 32.2. The first kappa shape index (κ1) is 16.7. The number of rotatable bonds is 6. The van der Waals surface area contributed by atoms with Gasteiger partial charge in [0.25, 0.3) is 0 Å². The molecule has 0 spiro atoms. The van der Waals surface area contributed by atoms with Gasteiger partial charge in [-0.1, -0.05) is 13.8 Å². The van der Waals surface area contributed by atoms with Gasteiger partial charge in [-0.25, -0.2) is 8.42 Å². The Bertz CT molecular complexity index is 749. The van der Waals surface area contributed by atoms with Crippen molar-refractivity contribution in [2.75, 3.05) is 5.75 Å². The average Bonchev–Trinajstić information content (AvgIpc) is 3.10. The fourth-order valence-electron chi connectivity index (χ4n) is 4.88. The number of ketones is 1. The van der Waals surface area contributed by atoms with E-state index in [1.165, 1.54) is 0 Å². The van der Waals surface area contributed by atoms with Crippen LogP contribution in [0.4, 0.5) is 0 Å². The number of hydrogen-bond acceptors (Lipinski definition) is 4. The van der Waals surface area contributed by atoms with Crippen LogP contribution in [0.15, 0.2) is 16.8 Å². The molecule has 0 radical (unpaired) electrons. The van der Waals surface area contributed by atoms with E-state index >= 15 is 0 Å². The molecule has 2 atom stereocenters. The van der Waals surface area contributed by atoms with Crippen LogP contribution in [0.5, 0.6) is 0 Å². The Morgan fingerprint density at radius 1 is 1.29 bits per heavy atom. The van der Waals surface area contributed by atoms with E-state index in [9.17, 15) is 13.2 Å². The molecule has 3 saturated carbocycles. The van der Waals surface area contributed by atoms with E-state index in [2.05, 4.69) is 13.8 Å². The first-order chi connectivity index (χ1) is 11.3. The SMILES string of the molecule is CC1(C)[C@H]2CC[C@@]1(CS(=O)(=O)N(Cc1ccsc1)C1CC1)C(=O)C2. The van der Waals surface area contributed by atoms with E-state index in [-0.39, 0.29) is 23.0 Å². The number of sulfonamides is 1. The van der Waals surface area contributed by atoms with Gasteiger partial charge >= 0.3 is 0 Å². The second kappa shape index (κ2) is 5.39. The van der Waals surface area contributed by atoms with Crippen LogP contribution < -0.4 is 0 Å². The molecule has 6 heteroatoms. The molecule has 0 aromatic carbocycles. The number of nitrogens with zero attached hydrogens (tertiary/aromatic N) is 1. The number of thiophene rings is 1. The highest BCUT2D eigenvalue weighted by Gasteiger charge is 2.65. The molecule has 0 saturated heterocycles. The zero-order valence-electron chi connectivity index (χ0n) is 14.3. The van der Waals surface area contributed by atoms with Gasteiger partial charge in [0.2, 0.25) is 10.0 Å². The first-order valence-corrected chi connectivity index (χ1v) is 11.4. The van der Waals surface area contributed by atoms with Crippen molar-refractivity contribution in [2.24, 2.45) is 16.7 Å². The van der Waals surface area contributed by atoms with Crippen molar-refractivity contribution in [3.05, 3.63) is 22.4 Å². The molecule has 3 fully saturated rings. The lowest BCUT2D eigenvalue weighted by Crippen LogP contribution is -2.47. The maximum absolute atomic E-state index is 13.3. The van der Waals surface area contributed by atoms with Gasteiger partial charge in [-0.05, 0) is 59.4 Å². The van der Waals surface area contributed by atoms with Crippen molar-refractivity contribution in [1.29, 1.82) is 0 Å². The Labute approximate surface area is 148 Å². The van der Waals surface area contributed by atoms with E-state index in [0.717, 1.165) is 31.2 Å². The van der Waals surface area contributed by atoms with Gasteiger partial charge in [-0.2, -0.15) is 15.6 Å². The van der Waals surface area contributed by atoms with Crippen molar-refractivity contribution in [3.8, 4) is 0 Å². The molecule has 1 aromatic heterocycles. The molecule has 3 aliphatic carbocycles. The monoisotopic (exact) mass is 367 g/mol. The summed E-state index contributed by atoms with van der Waals surface area (Å²) in [7, 11) is -3.45. The summed E-state index contributed by atoms with van der Waals surface area (Å²) >= 11 is 1.59. The van der Waals surface area contributed by atoms with Crippen molar-refractivity contribution >= 4 is 27.1 Å². The van der Waals surface area contributed by atoms with Crippen molar-refractivity contribution in [3.63, 3.8) is 0 Å². The summed E-state index contributed by atoms with van der Waals surface area (Å²) in [5.41, 5.74) is 0.182. The number of fused-ring (bicyclic) bond motifs is 2. The third-order valence-corrected chi connectivity index (χ3v) is 9.53. The van der Waals surface area contributed by atoms with E-state index in [0.29, 0.717) is 18.9 Å². The summed E-state index contributed by atoms with van der Waals surface area (Å²) in [4.78, 5) is 12.7. The minimum absolute atomic E-state index is 0.00295. The maximum atomic E-state index is 13.3. The Kier molecular flexibility index (Phi) is 3.76. The first-order valence-electron chi connectivity index (χ1n) is 8.80. The van der Waals surface area contributed by atoms with Crippen molar-refractivity contribution < 1.29 is 13.2 Å². The van der Waals surface area contributed by atoms with Gasteiger partial charge in [0.15, 0.2) is 0 Å². The van der Waals surface area contributed by atoms with Gasteiger partial charge in [0.05, 0.1) is 5.75 Å². The van der Waals surface area contributed by atoms with Gasteiger partial charge in [0, 0.05) is 24.4 Å². The fraction of sp³-hybridized carbons (Fsp3) is 0.722. The molecule has 0 N–H and O–H groups in total. The minimum atomic E-state index is -3.45. The number of hydrogen-bond donors (Lipinski definition) is 0. The molecule has 2 bridgehead atoms. The summed E-state index contributed by atoms with van der Waals surface area (Å²) in [6.45, 7) is 4.65. The molecule has 0 amide bonds. The van der Waals surface area contributed by atoms with Gasteiger partial charge in [-0.3, -0.25) is 4.79 Å². The zero-order chi connectivity index (χ0) is 17.2. The Morgan fingerprint density at radius 3 is 2.54 bits per heavy atom. The van der Waals surface area contributed by atoms with Gasteiger partial charge < -0.3 is 0 Å². The van der Waals surface area contributed by atoms with Crippen molar-refractivity contribution in [1.82, 2.24) is 4.31 Å². The minimum Gasteiger partial charge on any atom is -0.299 e. The molecular formula is C18H25NO3S2. The number of carbonyl (C=O) groups is 1. The van der Waals surface area contributed by atoms with E-state index in [1.807, 2.05) is 16.8 Å². The molecule has 132 valence electrons. The van der Waals surface area contributed by atoms with Crippen LogP contribution in [0.25, 0.3) is 0 Å². The zero-order valence-corrected chi connectivity index (χ0v) is 16.0. The van der Waals surface area contributed by atoms with Crippen LogP contribution >= 0.6 is 11.3 Å². The summed E-state index contributed by atoms with van der Waals surface area (Å²) in [5, 5.41) is 4.00. The second-order valence-corrected chi connectivity index (χ2v) is 11.0. The molecule has 1 aromatic rings. The summed E-state index contributed by atoms with van der Waals surface area (Å²) in [6.07, 6.45) is 4.17. The highest BCUT2D eigenvalue weighted by Crippen LogP contribution is 2.64. The summed E-state index contributed by atoms with van der Waals surface area (Å²) in [5.74, 6) is 0.535. The summed E-state index contributed by atoms with van der Waals surface area (Å²) in [6, 6.07) is 2.12. The van der Waals surface area contributed by atoms with E-state index in [4.69, 9.17) is 0 Å². The predicted molar refractivity (Wildman–Crippen MR) is 95.2 cm³/mol. The maximum Gasteiger partial charge on any atom is 0.215 e.